The molecular formula is C15H10Cl2F2O. The van der Waals surface area contributed by atoms with Crippen LogP contribution in [0.25, 0.3) is 0 Å². The van der Waals surface area contributed by atoms with E-state index in [4.69, 9.17) is 23.2 Å². The van der Waals surface area contributed by atoms with Crippen molar-refractivity contribution in [2.45, 2.75) is 13.8 Å². The van der Waals surface area contributed by atoms with E-state index in [1.165, 1.54) is 38.1 Å². The van der Waals surface area contributed by atoms with Gasteiger partial charge in [-0.1, -0.05) is 35.3 Å². The van der Waals surface area contributed by atoms with Gasteiger partial charge in [0, 0.05) is 11.1 Å². The third-order valence-electron chi connectivity index (χ3n) is 3.04. The van der Waals surface area contributed by atoms with E-state index >= 15 is 0 Å². The molecule has 0 fully saturated rings. The van der Waals surface area contributed by atoms with Gasteiger partial charge in [0.2, 0.25) is 0 Å². The molecule has 0 heterocycles. The molecule has 0 saturated heterocycles. The van der Waals surface area contributed by atoms with Gasteiger partial charge < -0.3 is 0 Å². The molecule has 0 spiro atoms. The third kappa shape index (κ3) is 2.43. The average Bonchev–Trinajstić information content (AvgIpc) is 2.42. The van der Waals surface area contributed by atoms with Crippen molar-refractivity contribution in [3.05, 3.63) is 68.2 Å². The van der Waals surface area contributed by atoms with Crippen LogP contribution >= 0.6 is 23.2 Å². The number of rotatable bonds is 2. The van der Waals surface area contributed by atoms with Gasteiger partial charge in [-0.15, -0.1) is 0 Å². The number of hydrogen-bond donors (Lipinski definition) is 0. The SMILES string of the molecule is Cc1ccc(C(=O)c2ccc(C)c(F)c2Cl)c(Cl)c1F. The van der Waals surface area contributed by atoms with E-state index < -0.39 is 17.4 Å². The maximum Gasteiger partial charge on any atom is 0.196 e. The van der Waals surface area contributed by atoms with Crippen molar-refractivity contribution in [3.63, 3.8) is 0 Å². The Morgan fingerprint density at radius 1 is 0.850 bits per heavy atom. The van der Waals surface area contributed by atoms with Crippen LogP contribution < -0.4 is 0 Å². The molecule has 0 aliphatic carbocycles. The number of benzene rings is 2. The van der Waals surface area contributed by atoms with Crippen LogP contribution in [0.2, 0.25) is 10.0 Å². The monoisotopic (exact) mass is 314 g/mol. The summed E-state index contributed by atoms with van der Waals surface area (Å²) in [7, 11) is 0. The molecule has 0 aliphatic heterocycles. The highest BCUT2D eigenvalue weighted by Gasteiger charge is 2.21. The first-order valence-electron chi connectivity index (χ1n) is 5.78. The minimum absolute atomic E-state index is 0.0417. The van der Waals surface area contributed by atoms with Crippen LogP contribution in [-0.2, 0) is 0 Å². The molecule has 0 unspecified atom stereocenters. The highest BCUT2D eigenvalue weighted by atomic mass is 35.5. The van der Waals surface area contributed by atoms with E-state index in [1.807, 2.05) is 0 Å². The Labute approximate surface area is 125 Å². The minimum atomic E-state index is -0.666. The first-order chi connectivity index (χ1) is 9.34. The third-order valence-corrected chi connectivity index (χ3v) is 3.78. The molecule has 1 nitrogen and oxygen atoms in total. The van der Waals surface area contributed by atoms with E-state index in [0.29, 0.717) is 11.1 Å². The average molecular weight is 315 g/mol. The molecule has 0 saturated carbocycles. The normalized spacial score (nSPS) is 10.7. The predicted octanol–water partition coefficient (Wildman–Crippen LogP) is 5.12. The molecule has 0 bridgehead atoms. The van der Waals surface area contributed by atoms with Crippen LogP contribution in [0.4, 0.5) is 8.78 Å². The molecule has 104 valence electrons. The summed E-state index contributed by atoms with van der Waals surface area (Å²) in [5, 5.41) is -0.570. The van der Waals surface area contributed by atoms with Crippen LogP contribution in [0.5, 0.6) is 0 Å². The molecular weight excluding hydrogens is 305 g/mol. The summed E-state index contributed by atoms with van der Waals surface area (Å²) < 4.78 is 27.4. The van der Waals surface area contributed by atoms with E-state index in [9.17, 15) is 13.6 Å². The first kappa shape index (κ1) is 14.9. The maximum absolute atomic E-state index is 13.7. The summed E-state index contributed by atoms with van der Waals surface area (Å²) >= 11 is 11.7. The zero-order valence-electron chi connectivity index (χ0n) is 10.7. The Morgan fingerprint density at radius 3 is 1.55 bits per heavy atom. The maximum atomic E-state index is 13.7. The van der Waals surface area contributed by atoms with Gasteiger partial charge in [0.15, 0.2) is 5.78 Å². The second kappa shape index (κ2) is 5.51. The lowest BCUT2D eigenvalue weighted by Crippen LogP contribution is -2.06. The van der Waals surface area contributed by atoms with Crippen LogP contribution in [0.1, 0.15) is 27.0 Å². The van der Waals surface area contributed by atoms with Gasteiger partial charge in [-0.2, -0.15) is 0 Å². The van der Waals surface area contributed by atoms with Crippen LogP contribution in [0, 0.1) is 25.5 Å². The van der Waals surface area contributed by atoms with Gasteiger partial charge in [-0.25, -0.2) is 8.78 Å². The van der Waals surface area contributed by atoms with Gasteiger partial charge in [-0.05, 0) is 37.1 Å². The molecule has 20 heavy (non-hydrogen) atoms. The van der Waals surface area contributed by atoms with Gasteiger partial charge in [-0.3, -0.25) is 4.79 Å². The molecule has 0 N–H and O–H groups in total. The standard InChI is InChI=1S/C15H10Cl2F2O/c1-7-3-5-9(11(16)13(7)18)15(20)10-6-4-8(2)14(19)12(10)17/h3-6H,1-2H3. The summed E-state index contributed by atoms with van der Waals surface area (Å²) in [4.78, 5) is 12.3. The zero-order chi connectivity index (χ0) is 15.0. The Kier molecular flexibility index (Phi) is 4.11. The van der Waals surface area contributed by atoms with E-state index in [2.05, 4.69) is 0 Å². The lowest BCUT2D eigenvalue weighted by Gasteiger charge is -2.09. The Hall–Kier alpha value is -1.45. The summed E-state index contributed by atoms with van der Waals surface area (Å²) in [5.41, 5.74) is 0.570. The summed E-state index contributed by atoms with van der Waals surface area (Å²) in [6.45, 7) is 3.07. The lowest BCUT2D eigenvalue weighted by molar-refractivity contribution is 0.103. The molecule has 0 radical (unpaired) electrons. The number of hydrogen-bond acceptors (Lipinski definition) is 1. The predicted molar refractivity (Wildman–Crippen MR) is 75.7 cm³/mol. The van der Waals surface area contributed by atoms with Crippen molar-refractivity contribution in [2.24, 2.45) is 0 Å². The van der Waals surface area contributed by atoms with E-state index in [0.717, 1.165) is 0 Å². The largest absolute Gasteiger partial charge is 0.288 e. The molecule has 2 aromatic carbocycles. The summed E-state index contributed by atoms with van der Waals surface area (Å²) in [6.07, 6.45) is 0. The fourth-order valence-electron chi connectivity index (χ4n) is 1.79. The Morgan fingerprint density at radius 2 is 1.20 bits per heavy atom. The quantitative estimate of drug-likeness (QED) is 0.703. The second-order valence-corrected chi connectivity index (χ2v) is 5.20. The fourth-order valence-corrected chi connectivity index (χ4v) is 2.38. The molecule has 2 rings (SSSR count). The number of aryl methyl sites for hydroxylation is 2. The molecule has 5 heteroatoms. The lowest BCUT2D eigenvalue weighted by atomic mass is 10.0. The molecule has 0 atom stereocenters. The van der Waals surface area contributed by atoms with Gasteiger partial charge in [0.05, 0.1) is 10.0 Å². The van der Waals surface area contributed by atoms with Crippen molar-refractivity contribution in [1.82, 2.24) is 0 Å². The van der Waals surface area contributed by atoms with Gasteiger partial charge in [0.25, 0.3) is 0 Å². The van der Waals surface area contributed by atoms with E-state index in [-0.39, 0.29) is 21.2 Å². The molecule has 0 aromatic heterocycles. The summed E-state index contributed by atoms with van der Waals surface area (Å²) in [5.74, 6) is -1.94. The topological polar surface area (TPSA) is 17.1 Å². The number of halogens is 4. The van der Waals surface area contributed by atoms with Crippen LogP contribution in [-0.4, -0.2) is 5.78 Å². The van der Waals surface area contributed by atoms with Crippen molar-refractivity contribution in [1.29, 1.82) is 0 Å². The molecule has 0 amide bonds. The Bertz CT molecular complexity index is 652. The molecule has 0 aliphatic rings. The Balaban J connectivity index is 2.58. The van der Waals surface area contributed by atoms with Crippen LogP contribution in [0.15, 0.2) is 24.3 Å². The highest BCUT2D eigenvalue weighted by molar-refractivity contribution is 6.38. The van der Waals surface area contributed by atoms with Crippen molar-refractivity contribution in [2.75, 3.05) is 0 Å². The second-order valence-electron chi connectivity index (χ2n) is 4.45. The van der Waals surface area contributed by atoms with E-state index in [1.54, 1.807) is 0 Å². The zero-order valence-corrected chi connectivity index (χ0v) is 12.2. The first-order valence-corrected chi connectivity index (χ1v) is 6.54. The van der Waals surface area contributed by atoms with Gasteiger partial charge in [0.1, 0.15) is 11.6 Å². The number of carbonyl (C=O) groups is 1. The molecule has 2 aromatic rings. The number of carbonyl (C=O) groups excluding carboxylic acids is 1. The summed E-state index contributed by atoms with van der Waals surface area (Å²) in [6, 6.07) is 5.67. The minimum Gasteiger partial charge on any atom is -0.288 e. The fraction of sp³-hybridized carbons (Fsp3) is 0.133. The van der Waals surface area contributed by atoms with Crippen molar-refractivity contribution < 1.29 is 13.6 Å². The van der Waals surface area contributed by atoms with Crippen molar-refractivity contribution >= 4 is 29.0 Å². The van der Waals surface area contributed by atoms with Gasteiger partial charge >= 0.3 is 0 Å². The smallest absolute Gasteiger partial charge is 0.196 e. The number of ketones is 1. The van der Waals surface area contributed by atoms with Crippen molar-refractivity contribution in [3.8, 4) is 0 Å². The highest BCUT2D eigenvalue weighted by Crippen LogP contribution is 2.29. The van der Waals surface area contributed by atoms with Crippen LogP contribution in [0.3, 0.4) is 0 Å².